The number of halogens is 3. The molecule has 0 radical (unpaired) electrons. The molecule has 0 unspecified atom stereocenters. The Morgan fingerprint density at radius 2 is 2.12 bits per heavy atom. The van der Waals surface area contributed by atoms with Gasteiger partial charge in [-0.05, 0) is 13.0 Å². The average Bonchev–Trinajstić information content (AvgIpc) is 2.53. The average molecular weight is 270 g/mol. The largest absolute Gasteiger partial charge is 0.522 e. The zero-order valence-corrected chi connectivity index (χ0v) is 9.52. The van der Waals surface area contributed by atoms with Crippen molar-refractivity contribution in [2.45, 2.75) is 13.3 Å². The molecule has 17 heavy (non-hydrogen) atoms. The molecule has 8 heteroatoms. The summed E-state index contributed by atoms with van der Waals surface area (Å²) in [4.78, 5) is 11.4. The summed E-state index contributed by atoms with van der Waals surface area (Å²) in [5.74, 6) is -1.11. The number of ether oxygens (including phenoxy) is 2. The number of aromatic carboxylic acids is 1. The summed E-state index contributed by atoms with van der Waals surface area (Å²) in [6.07, 6.45) is -4.70. The van der Waals surface area contributed by atoms with Crippen LogP contribution in [0.1, 0.15) is 14.5 Å². The Hall–Kier alpha value is -1.28. The number of hydrogen-bond donors (Lipinski definition) is 1. The number of rotatable bonds is 5. The van der Waals surface area contributed by atoms with Gasteiger partial charge in [-0.15, -0.1) is 24.5 Å². The summed E-state index contributed by atoms with van der Waals surface area (Å²) >= 11 is 0.998. The Kier molecular flexibility index (Phi) is 4.35. The molecule has 0 bridgehead atoms. The van der Waals surface area contributed by atoms with Gasteiger partial charge < -0.3 is 9.84 Å². The standard InChI is InChI=1S/C9H9F3O4S/c1-5-4-6(7(17-5)8(13)14)15-2-3-16-9(10,11)12/h4H,2-3H2,1H3,(H,13,14). The predicted octanol–water partition coefficient (Wildman–Crippen LogP) is 2.67. The van der Waals surface area contributed by atoms with E-state index in [1.165, 1.54) is 6.07 Å². The van der Waals surface area contributed by atoms with Crippen LogP contribution in [0.25, 0.3) is 0 Å². The molecular formula is C9H9F3O4S. The van der Waals surface area contributed by atoms with Crippen LogP contribution in [0, 0.1) is 6.92 Å². The van der Waals surface area contributed by atoms with Gasteiger partial charge in [0.2, 0.25) is 0 Å². The van der Waals surface area contributed by atoms with E-state index in [1.54, 1.807) is 6.92 Å². The quantitative estimate of drug-likeness (QED) is 0.836. The molecule has 0 aromatic carbocycles. The van der Waals surface area contributed by atoms with Crippen molar-refractivity contribution in [2.24, 2.45) is 0 Å². The van der Waals surface area contributed by atoms with Gasteiger partial charge >= 0.3 is 12.3 Å². The van der Waals surface area contributed by atoms with Gasteiger partial charge in [-0.3, -0.25) is 4.74 Å². The van der Waals surface area contributed by atoms with E-state index < -0.39 is 18.9 Å². The third-order valence-electron chi connectivity index (χ3n) is 1.62. The van der Waals surface area contributed by atoms with Crippen molar-refractivity contribution >= 4 is 17.3 Å². The molecule has 1 rings (SSSR count). The smallest absolute Gasteiger partial charge is 0.489 e. The third-order valence-corrected chi connectivity index (χ3v) is 2.64. The summed E-state index contributed by atoms with van der Waals surface area (Å²) in [5.41, 5.74) is 0. The first kappa shape index (κ1) is 13.8. The minimum atomic E-state index is -4.70. The molecule has 96 valence electrons. The van der Waals surface area contributed by atoms with E-state index in [0.717, 1.165) is 11.3 Å². The fraction of sp³-hybridized carbons (Fsp3) is 0.444. The first-order valence-electron chi connectivity index (χ1n) is 4.47. The van der Waals surface area contributed by atoms with Crippen molar-refractivity contribution in [3.63, 3.8) is 0 Å². The van der Waals surface area contributed by atoms with Crippen LogP contribution >= 0.6 is 11.3 Å². The number of alkyl halides is 3. The summed E-state index contributed by atoms with van der Waals surface area (Å²) in [6, 6.07) is 1.46. The van der Waals surface area contributed by atoms with Crippen molar-refractivity contribution in [1.29, 1.82) is 0 Å². The number of carboxylic acids is 1. The molecular weight excluding hydrogens is 261 g/mol. The minimum Gasteiger partial charge on any atom is -0.489 e. The Balaban J connectivity index is 2.49. The van der Waals surface area contributed by atoms with Crippen molar-refractivity contribution < 1.29 is 32.5 Å². The summed E-state index contributed by atoms with van der Waals surface area (Å²) < 4.78 is 43.3. The maximum absolute atomic E-state index is 11.6. The summed E-state index contributed by atoms with van der Waals surface area (Å²) in [6.45, 7) is 0.629. The van der Waals surface area contributed by atoms with E-state index in [1.807, 2.05) is 0 Å². The number of carbonyl (C=O) groups is 1. The van der Waals surface area contributed by atoms with Crippen LogP contribution in [0.15, 0.2) is 6.07 Å². The lowest BCUT2D eigenvalue weighted by molar-refractivity contribution is -0.325. The van der Waals surface area contributed by atoms with E-state index in [0.29, 0.717) is 4.88 Å². The first-order valence-corrected chi connectivity index (χ1v) is 5.28. The molecule has 1 N–H and O–H groups in total. The molecule has 0 aliphatic carbocycles. The molecule has 0 saturated heterocycles. The molecule has 1 heterocycles. The van der Waals surface area contributed by atoms with E-state index in [2.05, 4.69) is 4.74 Å². The highest BCUT2D eigenvalue weighted by molar-refractivity contribution is 7.14. The maximum atomic E-state index is 11.6. The second-order valence-electron chi connectivity index (χ2n) is 3.00. The van der Waals surface area contributed by atoms with Crippen molar-refractivity contribution in [3.8, 4) is 5.75 Å². The van der Waals surface area contributed by atoms with E-state index >= 15 is 0 Å². The molecule has 0 aliphatic heterocycles. The van der Waals surface area contributed by atoms with Crippen molar-refractivity contribution in [2.75, 3.05) is 13.2 Å². The number of aryl methyl sites for hydroxylation is 1. The highest BCUT2D eigenvalue weighted by Gasteiger charge is 2.28. The molecule has 0 aliphatic rings. The molecule has 4 nitrogen and oxygen atoms in total. The minimum absolute atomic E-state index is 0.0329. The second-order valence-corrected chi connectivity index (χ2v) is 4.25. The maximum Gasteiger partial charge on any atom is 0.522 e. The van der Waals surface area contributed by atoms with Crippen LogP contribution in [-0.2, 0) is 4.74 Å². The van der Waals surface area contributed by atoms with E-state index in [-0.39, 0.29) is 17.2 Å². The van der Waals surface area contributed by atoms with Crippen LogP contribution in [-0.4, -0.2) is 30.7 Å². The Labute approximate surface area is 98.6 Å². The van der Waals surface area contributed by atoms with Gasteiger partial charge in [-0.2, -0.15) is 0 Å². The molecule has 1 aromatic rings. The fourth-order valence-corrected chi connectivity index (χ4v) is 1.85. The molecule has 0 saturated carbocycles. The van der Waals surface area contributed by atoms with Crippen LogP contribution in [0.5, 0.6) is 5.75 Å². The van der Waals surface area contributed by atoms with E-state index in [4.69, 9.17) is 9.84 Å². The van der Waals surface area contributed by atoms with Crippen LogP contribution in [0.3, 0.4) is 0 Å². The zero-order valence-electron chi connectivity index (χ0n) is 8.71. The SMILES string of the molecule is Cc1cc(OCCOC(F)(F)F)c(C(=O)O)s1. The van der Waals surface area contributed by atoms with Crippen molar-refractivity contribution in [3.05, 3.63) is 15.8 Å². The zero-order chi connectivity index (χ0) is 13.1. The van der Waals surface area contributed by atoms with Gasteiger partial charge in [0.15, 0.2) is 4.88 Å². The van der Waals surface area contributed by atoms with Gasteiger partial charge in [-0.25, -0.2) is 4.79 Å². The predicted molar refractivity (Wildman–Crippen MR) is 53.5 cm³/mol. The summed E-state index contributed by atoms with van der Waals surface area (Å²) in [5, 5.41) is 8.78. The molecule has 0 amide bonds. The summed E-state index contributed by atoms with van der Waals surface area (Å²) in [7, 11) is 0. The third kappa shape index (κ3) is 4.61. The highest BCUT2D eigenvalue weighted by atomic mass is 32.1. The van der Waals surface area contributed by atoms with Crippen molar-refractivity contribution in [1.82, 2.24) is 0 Å². The molecule has 1 aromatic heterocycles. The molecule has 0 fully saturated rings. The second kappa shape index (κ2) is 5.37. The highest BCUT2D eigenvalue weighted by Crippen LogP contribution is 2.28. The monoisotopic (exact) mass is 270 g/mol. The van der Waals surface area contributed by atoms with Gasteiger partial charge in [0.1, 0.15) is 12.4 Å². The van der Waals surface area contributed by atoms with Crippen LogP contribution < -0.4 is 4.74 Å². The normalized spacial score (nSPS) is 11.5. The lowest BCUT2D eigenvalue weighted by Crippen LogP contribution is -2.18. The lowest BCUT2D eigenvalue weighted by Gasteiger charge is -2.08. The Morgan fingerprint density at radius 1 is 1.47 bits per heavy atom. The molecule has 0 atom stereocenters. The molecule has 0 spiro atoms. The first-order chi connectivity index (χ1) is 7.79. The van der Waals surface area contributed by atoms with Gasteiger partial charge in [-0.1, -0.05) is 0 Å². The Morgan fingerprint density at radius 3 is 2.65 bits per heavy atom. The topological polar surface area (TPSA) is 55.8 Å². The lowest BCUT2D eigenvalue weighted by atomic mass is 10.4. The van der Waals surface area contributed by atoms with Gasteiger partial charge in [0, 0.05) is 4.88 Å². The van der Waals surface area contributed by atoms with Gasteiger partial charge in [0.25, 0.3) is 0 Å². The van der Waals surface area contributed by atoms with Crippen LogP contribution in [0.4, 0.5) is 13.2 Å². The number of hydrogen-bond acceptors (Lipinski definition) is 4. The number of carboxylic acid groups (broad SMARTS) is 1. The van der Waals surface area contributed by atoms with Crippen LogP contribution in [0.2, 0.25) is 0 Å². The fourth-order valence-electron chi connectivity index (χ4n) is 1.06. The number of thiophene rings is 1. The van der Waals surface area contributed by atoms with Gasteiger partial charge in [0.05, 0.1) is 6.61 Å². The Bertz CT molecular complexity index is 399. The van der Waals surface area contributed by atoms with E-state index in [9.17, 15) is 18.0 Å².